The molecular weight excluding hydrogens is 321 g/mol. The minimum Gasteiger partial charge on any atom is -0.340 e. The Balaban J connectivity index is 0.00000121. The smallest absolute Gasteiger partial charge is 0.225 e. The number of carbonyl (C=O) groups excluding carboxylic acids is 1. The average molecular weight is 352 g/mol. The second kappa shape index (κ2) is 8.72. The fraction of sp³-hybridized carbons (Fsp3) is 0.938. The van der Waals surface area contributed by atoms with Gasteiger partial charge in [0.25, 0.3) is 0 Å². The molecule has 2 bridgehead atoms. The lowest BCUT2D eigenvalue weighted by Crippen LogP contribution is -2.53. The van der Waals surface area contributed by atoms with Gasteiger partial charge in [0.15, 0.2) is 0 Å². The monoisotopic (exact) mass is 351 g/mol. The number of halogens is 2. The van der Waals surface area contributed by atoms with Gasteiger partial charge in [0.05, 0.1) is 0 Å². The average Bonchev–Trinajstić information content (AvgIpc) is 2.46. The predicted molar refractivity (Wildman–Crippen MR) is 94.7 cm³/mol. The molecule has 0 radical (unpaired) electrons. The Hall–Kier alpha value is -0.0300. The van der Waals surface area contributed by atoms with Gasteiger partial charge in [-0.15, -0.1) is 24.8 Å². The molecule has 1 aliphatic heterocycles. The molecule has 3 aliphatic rings. The molecule has 0 spiro atoms. The van der Waals surface area contributed by atoms with E-state index < -0.39 is 0 Å². The van der Waals surface area contributed by atoms with Crippen LogP contribution in [0.15, 0.2) is 0 Å². The molecule has 1 saturated heterocycles. The van der Waals surface area contributed by atoms with Crippen molar-refractivity contribution in [3.63, 3.8) is 0 Å². The van der Waals surface area contributed by atoms with Gasteiger partial charge in [-0.2, -0.15) is 0 Å². The Morgan fingerprint density at radius 2 is 1.59 bits per heavy atom. The standard InChI is InChI=1S/C16H29N3O.2ClH/c1-2-18-6-8-19(9-7-18)16(20)14-10-12-4-3-5-13(11-14)15(12)17;;/h12-15H,2-11,17H2,1H3;2*1H. The molecule has 3 rings (SSSR count). The molecule has 6 heteroatoms. The zero-order valence-corrected chi connectivity index (χ0v) is 15.2. The molecule has 22 heavy (non-hydrogen) atoms. The summed E-state index contributed by atoms with van der Waals surface area (Å²) in [6.45, 7) is 7.23. The summed E-state index contributed by atoms with van der Waals surface area (Å²) in [5, 5.41) is 0. The van der Waals surface area contributed by atoms with Crippen LogP contribution in [-0.2, 0) is 4.79 Å². The molecule has 2 atom stereocenters. The van der Waals surface area contributed by atoms with Crippen LogP contribution in [0.4, 0.5) is 0 Å². The van der Waals surface area contributed by atoms with E-state index in [0.29, 0.717) is 23.8 Å². The van der Waals surface area contributed by atoms with E-state index in [0.717, 1.165) is 45.6 Å². The van der Waals surface area contributed by atoms with Crippen molar-refractivity contribution >= 4 is 30.7 Å². The van der Waals surface area contributed by atoms with Crippen molar-refractivity contribution < 1.29 is 4.79 Å². The predicted octanol–water partition coefficient (Wildman–Crippen LogP) is 2.15. The molecule has 2 saturated carbocycles. The topological polar surface area (TPSA) is 49.6 Å². The molecule has 0 aromatic rings. The number of amides is 1. The van der Waals surface area contributed by atoms with Crippen molar-refractivity contribution in [3.05, 3.63) is 0 Å². The fourth-order valence-electron chi connectivity index (χ4n) is 4.53. The van der Waals surface area contributed by atoms with Crippen molar-refractivity contribution in [2.24, 2.45) is 23.5 Å². The van der Waals surface area contributed by atoms with Crippen LogP contribution in [0.2, 0.25) is 0 Å². The van der Waals surface area contributed by atoms with Gasteiger partial charge in [-0.05, 0) is 44.1 Å². The first-order valence-corrected chi connectivity index (χ1v) is 8.45. The van der Waals surface area contributed by atoms with E-state index in [1.807, 2.05) is 0 Å². The molecule has 4 nitrogen and oxygen atoms in total. The maximum Gasteiger partial charge on any atom is 0.225 e. The summed E-state index contributed by atoms with van der Waals surface area (Å²) in [4.78, 5) is 17.3. The van der Waals surface area contributed by atoms with Crippen molar-refractivity contribution in [1.29, 1.82) is 0 Å². The molecule has 3 fully saturated rings. The van der Waals surface area contributed by atoms with Gasteiger partial charge in [-0.25, -0.2) is 0 Å². The van der Waals surface area contributed by atoms with Crippen LogP contribution >= 0.6 is 24.8 Å². The van der Waals surface area contributed by atoms with E-state index in [1.165, 1.54) is 19.3 Å². The Kier molecular flexibility index (Phi) is 7.93. The number of rotatable bonds is 2. The highest BCUT2D eigenvalue weighted by molar-refractivity contribution is 5.85. The zero-order valence-electron chi connectivity index (χ0n) is 13.6. The van der Waals surface area contributed by atoms with Gasteiger partial charge in [-0.1, -0.05) is 13.3 Å². The molecule has 0 aromatic heterocycles. The molecule has 2 N–H and O–H groups in total. The first-order chi connectivity index (χ1) is 9.69. The first-order valence-electron chi connectivity index (χ1n) is 8.45. The third-order valence-electron chi connectivity index (χ3n) is 5.89. The minimum atomic E-state index is 0. The summed E-state index contributed by atoms with van der Waals surface area (Å²) in [6, 6.07) is 0.365. The second-order valence-electron chi connectivity index (χ2n) is 6.96. The van der Waals surface area contributed by atoms with Gasteiger partial charge < -0.3 is 15.5 Å². The number of nitrogens with two attached hydrogens (primary N) is 1. The highest BCUT2D eigenvalue weighted by Gasteiger charge is 2.41. The summed E-state index contributed by atoms with van der Waals surface area (Å²) in [5.74, 6) is 1.89. The van der Waals surface area contributed by atoms with Crippen molar-refractivity contribution in [1.82, 2.24) is 9.80 Å². The molecule has 1 amide bonds. The summed E-state index contributed by atoms with van der Waals surface area (Å²) in [5.41, 5.74) is 6.33. The number of nitrogens with zero attached hydrogens (tertiary/aromatic N) is 2. The molecule has 2 aliphatic carbocycles. The van der Waals surface area contributed by atoms with E-state index >= 15 is 0 Å². The van der Waals surface area contributed by atoms with Crippen molar-refractivity contribution in [2.45, 2.75) is 45.1 Å². The maximum absolute atomic E-state index is 12.8. The molecule has 1 heterocycles. The van der Waals surface area contributed by atoms with E-state index in [9.17, 15) is 4.79 Å². The van der Waals surface area contributed by atoms with Crippen LogP contribution < -0.4 is 5.73 Å². The highest BCUT2D eigenvalue weighted by atomic mass is 35.5. The van der Waals surface area contributed by atoms with Gasteiger partial charge in [-0.3, -0.25) is 4.79 Å². The van der Waals surface area contributed by atoms with Gasteiger partial charge in [0, 0.05) is 38.1 Å². The Labute approximate surface area is 147 Å². The number of carbonyl (C=O) groups is 1. The van der Waals surface area contributed by atoms with Crippen molar-refractivity contribution in [3.8, 4) is 0 Å². The Bertz CT molecular complexity index is 347. The summed E-state index contributed by atoms with van der Waals surface area (Å²) < 4.78 is 0. The number of hydrogen-bond acceptors (Lipinski definition) is 3. The van der Waals surface area contributed by atoms with Crippen LogP contribution in [0.1, 0.15) is 39.0 Å². The lowest BCUT2D eigenvalue weighted by Gasteiger charge is -2.45. The summed E-state index contributed by atoms with van der Waals surface area (Å²) in [7, 11) is 0. The van der Waals surface area contributed by atoms with Gasteiger partial charge >= 0.3 is 0 Å². The summed E-state index contributed by atoms with van der Waals surface area (Å²) in [6.07, 6.45) is 5.89. The largest absolute Gasteiger partial charge is 0.340 e. The van der Waals surface area contributed by atoms with E-state index in [-0.39, 0.29) is 30.7 Å². The van der Waals surface area contributed by atoms with E-state index in [4.69, 9.17) is 5.73 Å². The number of hydrogen-bond donors (Lipinski definition) is 1. The third kappa shape index (κ3) is 4.08. The summed E-state index contributed by atoms with van der Waals surface area (Å²) >= 11 is 0. The molecule has 0 aromatic carbocycles. The lowest BCUT2D eigenvalue weighted by atomic mass is 9.65. The quantitative estimate of drug-likeness (QED) is 0.829. The van der Waals surface area contributed by atoms with E-state index in [1.54, 1.807) is 0 Å². The second-order valence-corrected chi connectivity index (χ2v) is 6.96. The van der Waals surface area contributed by atoms with Crippen LogP contribution in [0.5, 0.6) is 0 Å². The molecule has 2 unspecified atom stereocenters. The normalized spacial score (nSPS) is 35.3. The number of fused-ring (bicyclic) bond motifs is 2. The molecule has 130 valence electrons. The first kappa shape index (κ1) is 20.0. The Morgan fingerprint density at radius 3 is 2.09 bits per heavy atom. The van der Waals surface area contributed by atoms with E-state index in [2.05, 4.69) is 16.7 Å². The Morgan fingerprint density at radius 1 is 1.05 bits per heavy atom. The minimum absolute atomic E-state index is 0. The number of likely N-dealkylation sites (N-methyl/N-ethyl adjacent to an activating group) is 1. The third-order valence-corrected chi connectivity index (χ3v) is 5.89. The highest BCUT2D eigenvalue weighted by Crippen LogP contribution is 2.42. The SMILES string of the molecule is CCN1CCN(C(=O)C2CC3CCCC(C2)C3N)CC1.Cl.Cl. The van der Waals surface area contributed by atoms with Crippen LogP contribution in [0.3, 0.4) is 0 Å². The zero-order chi connectivity index (χ0) is 14.1. The van der Waals surface area contributed by atoms with Gasteiger partial charge in [0.1, 0.15) is 0 Å². The lowest BCUT2D eigenvalue weighted by molar-refractivity contribution is -0.140. The fourth-order valence-corrected chi connectivity index (χ4v) is 4.53. The van der Waals surface area contributed by atoms with Crippen LogP contribution in [0, 0.1) is 17.8 Å². The van der Waals surface area contributed by atoms with Crippen LogP contribution in [-0.4, -0.2) is 54.5 Å². The number of piperazine rings is 1. The van der Waals surface area contributed by atoms with Crippen LogP contribution in [0.25, 0.3) is 0 Å². The molecular formula is C16H31Cl2N3O. The van der Waals surface area contributed by atoms with Crippen molar-refractivity contribution in [2.75, 3.05) is 32.7 Å². The maximum atomic E-state index is 12.8. The van der Waals surface area contributed by atoms with Gasteiger partial charge in [0.2, 0.25) is 5.91 Å².